The van der Waals surface area contributed by atoms with Crippen LogP contribution in [0.15, 0.2) is 24.8 Å². The lowest BCUT2D eigenvalue weighted by Gasteiger charge is -2.19. The zero-order valence-electron chi connectivity index (χ0n) is 12.0. The van der Waals surface area contributed by atoms with E-state index in [4.69, 9.17) is 0 Å². The number of unbranched alkanes of at least 4 members (excludes halogenated alkanes) is 1. The van der Waals surface area contributed by atoms with Crippen LogP contribution in [-0.2, 0) is 4.74 Å². The van der Waals surface area contributed by atoms with E-state index in [-0.39, 0.29) is 16.9 Å². The van der Waals surface area contributed by atoms with Crippen molar-refractivity contribution in [3.8, 4) is 0 Å². The number of allylic oxidation sites excluding steroid dienone is 1. The van der Waals surface area contributed by atoms with E-state index < -0.39 is 16.7 Å². The Morgan fingerprint density at radius 1 is 1.57 bits per heavy atom. The van der Waals surface area contributed by atoms with Gasteiger partial charge in [0, 0.05) is 13.6 Å². The summed E-state index contributed by atoms with van der Waals surface area (Å²) in [7, 11) is 2.76. The Hall–Kier alpha value is -2.44. The molecule has 7 heteroatoms. The molecule has 1 aromatic rings. The van der Waals surface area contributed by atoms with Crippen LogP contribution in [0.2, 0.25) is 0 Å². The highest BCUT2D eigenvalue weighted by molar-refractivity contribution is 5.92. The van der Waals surface area contributed by atoms with Gasteiger partial charge in [-0.3, -0.25) is 10.1 Å². The van der Waals surface area contributed by atoms with Crippen molar-refractivity contribution in [2.75, 3.05) is 25.6 Å². The maximum absolute atomic E-state index is 13.8. The minimum Gasteiger partial charge on any atom is -0.465 e. The fourth-order valence-corrected chi connectivity index (χ4v) is 1.86. The molecule has 0 N–H and O–H groups in total. The molecule has 0 aromatic heterocycles. The standard InChI is InChI=1S/C14H17FN2O4/c1-4-5-6-7-16(2)12-8-10(14(18)21-3)11(15)9-13(12)17(19)20/h4,8-9H,1,5-7H2,2-3H3. The van der Waals surface area contributed by atoms with Crippen LogP contribution in [0.25, 0.3) is 0 Å². The molecule has 21 heavy (non-hydrogen) atoms. The number of hydrogen-bond donors (Lipinski definition) is 0. The Morgan fingerprint density at radius 3 is 2.76 bits per heavy atom. The largest absolute Gasteiger partial charge is 0.465 e. The van der Waals surface area contributed by atoms with Crippen LogP contribution in [0, 0.1) is 15.9 Å². The van der Waals surface area contributed by atoms with Gasteiger partial charge in [0.05, 0.1) is 23.7 Å². The predicted molar refractivity (Wildman–Crippen MR) is 77.1 cm³/mol. The van der Waals surface area contributed by atoms with E-state index in [0.29, 0.717) is 6.54 Å². The van der Waals surface area contributed by atoms with Crippen molar-refractivity contribution in [3.63, 3.8) is 0 Å². The average molecular weight is 296 g/mol. The number of anilines is 1. The molecule has 0 bridgehead atoms. The minimum atomic E-state index is -0.975. The van der Waals surface area contributed by atoms with Crippen molar-refractivity contribution in [1.82, 2.24) is 0 Å². The number of nitro benzene ring substituents is 1. The summed E-state index contributed by atoms with van der Waals surface area (Å²) in [5.74, 6) is -1.85. The first-order valence-electron chi connectivity index (χ1n) is 6.30. The third-order valence-electron chi connectivity index (χ3n) is 2.98. The number of carbonyl (C=O) groups is 1. The van der Waals surface area contributed by atoms with Gasteiger partial charge in [0.15, 0.2) is 0 Å². The molecule has 6 nitrogen and oxygen atoms in total. The number of nitrogens with zero attached hydrogens (tertiary/aromatic N) is 2. The molecule has 114 valence electrons. The van der Waals surface area contributed by atoms with Crippen LogP contribution in [0.1, 0.15) is 23.2 Å². The molecule has 0 radical (unpaired) electrons. The molecule has 0 fully saturated rings. The van der Waals surface area contributed by atoms with Gasteiger partial charge in [-0.1, -0.05) is 6.08 Å². The number of methoxy groups -OCH3 is 1. The average Bonchev–Trinajstić information content (AvgIpc) is 2.46. The molecule has 0 atom stereocenters. The van der Waals surface area contributed by atoms with E-state index in [0.717, 1.165) is 32.1 Å². The number of ether oxygens (including phenoxy) is 1. The number of benzene rings is 1. The molecule has 0 amide bonds. The second kappa shape index (κ2) is 7.37. The number of rotatable bonds is 7. The van der Waals surface area contributed by atoms with E-state index in [1.165, 1.54) is 0 Å². The van der Waals surface area contributed by atoms with Crippen molar-refractivity contribution in [1.29, 1.82) is 0 Å². The summed E-state index contributed by atoms with van der Waals surface area (Å²) in [5, 5.41) is 11.0. The van der Waals surface area contributed by atoms with Crippen LogP contribution in [-0.4, -0.2) is 31.6 Å². The third-order valence-corrected chi connectivity index (χ3v) is 2.98. The van der Waals surface area contributed by atoms with E-state index in [1.807, 2.05) is 0 Å². The van der Waals surface area contributed by atoms with Gasteiger partial charge in [-0.25, -0.2) is 9.18 Å². The summed E-state index contributed by atoms with van der Waals surface area (Å²) < 4.78 is 18.2. The molecule has 1 aromatic carbocycles. The minimum absolute atomic E-state index is 0.172. The highest BCUT2D eigenvalue weighted by Crippen LogP contribution is 2.31. The SMILES string of the molecule is C=CCCCN(C)c1cc(C(=O)OC)c(F)cc1[N+](=O)[O-]. The van der Waals surface area contributed by atoms with Crippen LogP contribution in [0.5, 0.6) is 0 Å². The molecule has 0 spiro atoms. The van der Waals surface area contributed by atoms with Gasteiger partial charge >= 0.3 is 5.97 Å². The summed E-state index contributed by atoms with van der Waals surface area (Å²) in [6.07, 6.45) is 3.23. The van der Waals surface area contributed by atoms with Gasteiger partial charge in [-0.05, 0) is 18.9 Å². The number of hydrogen-bond acceptors (Lipinski definition) is 5. The maximum Gasteiger partial charge on any atom is 0.340 e. The number of carbonyl (C=O) groups excluding carboxylic acids is 1. The van der Waals surface area contributed by atoms with Gasteiger partial charge in [0.2, 0.25) is 0 Å². The number of halogens is 1. The zero-order valence-corrected chi connectivity index (χ0v) is 12.0. The highest BCUT2D eigenvalue weighted by Gasteiger charge is 2.24. The fourth-order valence-electron chi connectivity index (χ4n) is 1.86. The maximum atomic E-state index is 13.8. The lowest BCUT2D eigenvalue weighted by atomic mass is 10.1. The van der Waals surface area contributed by atoms with Gasteiger partial charge in [0.25, 0.3) is 5.69 Å². The van der Waals surface area contributed by atoms with Crippen LogP contribution in [0.3, 0.4) is 0 Å². The van der Waals surface area contributed by atoms with Crippen molar-refractivity contribution in [2.24, 2.45) is 0 Å². The van der Waals surface area contributed by atoms with Gasteiger partial charge in [0.1, 0.15) is 11.5 Å². The molecular weight excluding hydrogens is 279 g/mol. The molecule has 0 aliphatic carbocycles. The van der Waals surface area contributed by atoms with Crippen LogP contribution in [0.4, 0.5) is 15.8 Å². The molecule has 0 aliphatic heterocycles. The van der Waals surface area contributed by atoms with Gasteiger partial charge in [-0.2, -0.15) is 0 Å². The highest BCUT2D eigenvalue weighted by atomic mass is 19.1. The third kappa shape index (κ3) is 4.01. The number of nitro groups is 1. The van der Waals surface area contributed by atoms with Crippen LogP contribution < -0.4 is 4.90 Å². The molecule has 1 rings (SSSR count). The Labute approximate surface area is 122 Å². The molecule has 0 unspecified atom stereocenters. The second-order valence-corrected chi connectivity index (χ2v) is 4.42. The van der Waals surface area contributed by atoms with Gasteiger partial charge < -0.3 is 9.64 Å². The first-order valence-corrected chi connectivity index (χ1v) is 6.30. The Kier molecular flexibility index (Phi) is 5.83. The molecule has 0 aliphatic rings. The summed E-state index contributed by atoms with van der Waals surface area (Å²) in [6.45, 7) is 4.11. The van der Waals surface area contributed by atoms with Gasteiger partial charge in [-0.15, -0.1) is 6.58 Å². The van der Waals surface area contributed by atoms with Crippen molar-refractivity contribution in [3.05, 3.63) is 46.3 Å². The van der Waals surface area contributed by atoms with Crippen molar-refractivity contribution < 1.29 is 18.8 Å². The fraction of sp³-hybridized carbons (Fsp3) is 0.357. The van der Waals surface area contributed by atoms with E-state index in [1.54, 1.807) is 18.0 Å². The second-order valence-electron chi connectivity index (χ2n) is 4.42. The van der Waals surface area contributed by atoms with E-state index in [9.17, 15) is 19.3 Å². The smallest absolute Gasteiger partial charge is 0.340 e. The summed E-state index contributed by atoms with van der Waals surface area (Å²) in [4.78, 5) is 23.5. The topological polar surface area (TPSA) is 72.7 Å². The first-order chi connectivity index (χ1) is 9.92. The van der Waals surface area contributed by atoms with E-state index >= 15 is 0 Å². The molecule has 0 saturated carbocycles. The Morgan fingerprint density at radius 2 is 2.24 bits per heavy atom. The monoisotopic (exact) mass is 296 g/mol. The quantitative estimate of drug-likeness (QED) is 0.254. The van der Waals surface area contributed by atoms with Crippen molar-refractivity contribution in [2.45, 2.75) is 12.8 Å². The molecule has 0 saturated heterocycles. The predicted octanol–water partition coefficient (Wildman–Crippen LogP) is 2.92. The molecule has 0 heterocycles. The summed E-state index contributed by atoms with van der Waals surface area (Å²) >= 11 is 0. The first kappa shape index (κ1) is 16.6. The van der Waals surface area contributed by atoms with Crippen molar-refractivity contribution >= 4 is 17.3 Å². The Balaban J connectivity index is 3.22. The number of esters is 1. The summed E-state index contributed by atoms with van der Waals surface area (Å²) in [5.41, 5.74) is -0.541. The zero-order chi connectivity index (χ0) is 16.0. The molecular formula is C14H17FN2O4. The normalized spacial score (nSPS) is 10.0. The Bertz CT molecular complexity index is 560. The lowest BCUT2D eigenvalue weighted by molar-refractivity contribution is -0.384. The van der Waals surface area contributed by atoms with E-state index in [2.05, 4.69) is 11.3 Å². The van der Waals surface area contributed by atoms with Crippen LogP contribution >= 0.6 is 0 Å². The summed E-state index contributed by atoms with van der Waals surface area (Å²) in [6, 6.07) is 1.89. The lowest BCUT2D eigenvalue weighted by Crippen LogP contribution is -2.20.